The number of hydrogen-bond donors (Lipinski definition) is 2. The first-order valence-electron chi connectivity index (χ1n) is 5.78. The van der Waals surface area contributed by atoms with Crippen LogP contribution in [0.4, 0.5) is 5.82 Å². The molecule has 0 fully saturated rings. The normalized spacial score (nSPS) is 14.3. The smallest absolute Gasteiger partial charge is 0.310 e. The summed E-state index contributed by atoms with van der Waals surface area (Å²) in [5, 5.41) is 15.8. The highest BCUT2D eigenvalue weighted by atomic mass is 16.4. The molecule has 1 amide bonds. The van der Waals surface area contributed by atoms with Crippen molar-refractivity contribution in [1.29, 1.82) is 0 Å². The van der Waals surface area contributed by atoms with Gasteiger partial charge in [-0.05, 0) is 12.8 Å². The highest BCUT2D eigenvalue weighted by molar-refractivity contribution is 5.93. The van der Waals surface area contributed by atoms with Crippen LogP contribution in [0.5, 0.6) is 0 Å². The molecule has 1 aromatic heterocycles. The SMILES string of the molecule is CC(C)C(C)(CC(=O)Nc1ccn(C)n1)C(=O)O. The maximum atomic E-state index is 11.8. The summed E-state index contributed by atoms with van der Waals surface area (Å²) in [4.78, 5) is 23.1. The largest absolute Gasteiger partial charge is 0.481 e. The number of carboxylic acids is 1. The number of aromatic nitrogens is 2. The summed E-state index contributed by atoms with van der Waals surface area (Å²) in [6.07, 6.45) is 1.63. The van der Waals surface area contributed by atoms with Crippen molar-refractivity contribution >= 4 is 17.7 Å². The molecular formula is C12H19N3O3. The monoisotopic (exact) mass is 253 g/mol. The zero-order valence-electron chi connectivity index (χ0n) is 11.1. The maximum Gasteiger partial charge on any atom is 0.310 e. The van der Waals surface area contributed by atoms with Gasteiger partial charge in [0.05, 0.1) is 5.41 Å². The van der Waals surface area contributed by atoms with Gasteiger partial charge < -0.3 is 10.4 Å². The van der Waals surface area contributed by atoms with Gasteiger partial charge in [0.25, 0.3) is 0 Å². The molecule has 1 atom stereocenters. The van der Waals surface area contributed by atoms with Gasteiger partial charge in [0, 0.05) is 25.7 Å². The van der Waals surface area contributed by atoms with E-state index in [2.05, 4.69) is 10.4 Å². The number of nitrogens with zero attached hydrogens (tertiary/aromatic N) is 2. The van der Waals surface area contributed by atoms with E-state index in [-0.39, 0.29) is 18.2 Å². The predicted molar refractivity (Wildman–Crippen MR) is 67.0 cm³/mol. The van der Waals surface area contributed by atoms with E-state index in [4.69, 9.17) is 0 Å². The molecule has 1 unspecified atom stereocenters. The van der Waals surface area contributed by atoms with Crippen LogP contribution >= 0.6 is 0 Å². The first-order valence-corrected chi connectivity index (χ1v) is 5.78. The van der Waals surface area contributed by atoms with E-state index in [1.165, 1.54) is 0 Å². The number of carboxylic acid groups (broad SMARTS) is 1. The van der Waals surface area contributed by atoms with Crippen LogP contribution < -0.4 is 5.32 Å². The first kappa shape index (κ1) is 14.2. The van der Waals surface area contributed by atoms with Crippen molar-refractivity contribution < 1.29 is 14.7 Å². The number of aryl methyl sites for hydroxylation is 1. The molecule has 6 heteroatoms. The molecular weight excluding hydrogens is 234 g/mol. The molecule has 18 heavy (non-hydrogen) atoms. The molecule has 0 aliphatic heterocycles. The third-order valence-electron chi connectivity index (χ3n) is 3.27. The van der Waals surface area contributed by atoms with Crippen LogP contribution in [0, 0.1) is 11.3 Å². The van der Waals surface area contributed by atoms with Crippen molar-refractivity contribution in [3.05, 3.63) is 12.3 Å². The van der Waals surface area contributed by atoms with Gasteiger partial charge >= 0.3 is 5.97 Å². The van der Waals surface area contributed by atoms with Crippen LogP contribution in [0.1, 0.15) is 27.2 Å². The number of nitrogens with one attached hydrogen (secondary N) is 1. The minimum Gasteiger partial charge on any atom is -0.481 e. The van der Waals surface area contributed by atoms with Gasteiger partial charge in [-0.25, -0.2) is 0 Å². The maximum absolute atomic E-state index is 11.8. The third-order valence-corrected chi connectivity index (χ3v) is 3.27. The fraction of sp³-hybridized carbons (Fsp3) is 0.583. The number of hydrogen-bond acceptors (Lipinski definition) is 3. The van der Waals surface area contributed by atoms with Gasteiger partial charge in [-0.15, -0.1) is 0 Å². The van der Waals surface area contributed by atoms with Crippen molar-refractivity contribution in [2.24, 2.45) is 18.4 Å². The minimum atomic E-state index is -1.07. The van der Waals surface area contributed by atoms with Gasteiger partial charge in [-0.1, -0.05) is 13.8 Å². The molecule has 0 aliphatic carbocycles. The van der Waals surface area contributed by atoms with Gasteiger partial charge in [-0.2, -0.15) is 5.10 Å². The van der Waals surface area contributed by atoms with Crippen LogP contribution in [-0.2, 0) is 16.6 Å². The Hall–Kier alpha value is -1.85. The molecule has 0 aromatic carbocycles. The molecule has 6 nitrogen and oxygen atoms in total. The first-order chi connectivity index (χ1) is 8.25. The van der Waals surface area contributed by atoms with E-state index in [1.807, 2.05) is 0 Å². The summed E-state index contributed by atoms with van der Waals surface area (Å²) in [6.45, 7) is 5.17. The molecule has 0 bridgehead atoms. The molecule has 0 radical (unpaired) electrons. The molecule has 1 aromatic rings. The number of rotatable bonds is 5. The number of carbonyl (C=O) groups is 2. The topological polar surface area (TPSA) is 84.2 Å². The number of carbonyl (C=O) groups excluding carboxylic acids is 1. The molecule has 1 heterocycles. The average molecular weight is 253 g/mol. The second-order valence-corrected chi connectivity index (χ2v) is 4.98. The number of amides is 1. The van der Waals surface area contributed by atoms with E-state index >= 15 is 0 Å². The summed E-state index contributed by atoms with van der Waals surface area (Å²) < 4.78 is 1.56. The Morgan fingerprint density at radius 1 is 1.56 bits per heavy atom. The Morgan fingerprint density at radius 2 is 2.17 bits per heavy atom. The summed E-state index contributed by atoms with van der Waals surface area (Å²) in [5.74, 6) is -1.01. The third kappa shape index (κ3) is 3.09. The van der Waals surface area contributed by atoms with Crippen LogP contribution in [0.15, 0.2) is 12.3 Å². The van der Waals surface area contributed by atoms with Crippen LogP contribution in [0.2, 0.25) is 0 Å². The Balaban J connectivity index is 2.71. The molecule has 2 N–H and O–H groups in total. The highest BCUT2D eigenvalue weighted by Crippen LogP contribution is 2.31. The van der Waals surface area contributed by atoms with Crippen molar-refractivity contribution in [3.8, 4) is 0 Å². The van der Waals surface area contributed by atoms with Gasteiger partial charge in [0.2, 0.25) is 5.91 Å². The summed E-state index contributed by atoms with van der Waals surface area (Å²) in [6, 6.07) is 1.66. The lowest BCUT2D eigenvalue weighted by Gasteiger charge is -2.28. The predicted octanol–water partition coefficient (Wildman–Crippen LogP) is 1.50. The average Bonchev–Trinajstić information content (AvgIpc) is 2.62. The van der Waals surface area contributed by atoms with E-state index < -0.39 is 11.4 Å². The fourth-order valence-electron chi connectivity index (χ4n) is 1.53. The Kier molecular flexibility index (Phi) is 4.11. The van der Waals surface area contributed by atoms with Crippen molar-refractivity contribution in [2.45, 2.75) is 27.2 Å². The number of aliphatic carboxylic acids is 1. The second kappa shape index (κ2) is 5.20. The fourth-order valence-corrected chi connectivity index (χ4v) is 1.53. The number of anilines is 1. The molecule has 100 valence electrons. The quantitative estimate of drug-likeness (QED) is 0.832. The minimum absolute atomic E-state index is 0.0728. The van der Waals surface area contributed by atoms with E-state index in [0.29, 0.717) is 5.82 Å². The van der Waals surface area contributed by atoms with Gasteiger partial charge in [-0.3, -0.25) is 14.3 Å². The van der Waals surface area contributed by atoms with Crippen molar-refractivity contribution in [2.75, 3.05) is 5.32 Å². The standard InChI is InChI=1S/C12H19N3O3/c1-8(2)12(3,11(17)18)7-10(16)13-9-5-6-15(4)14-9/h5-6,8H,7H2,1-4H3,(H,17,18)(H,13,14,16). The van der Waals surface area contributed by atoms with Crippen LogP contribution in [0.25, 0.3) is 0 Å². The Morgan fingerprint density at radius 3 is 2.56 bits per heavy atom. The lowest BCUT2D eigenvalue weighted by molar-refractivity contribution is -0.153. The lowest BCUT2D eigenvalue weighted by atomic mass is 9.76. The molecule has 0 saturated carbocycles. The molecule has 0 spiro atoms. The summed E-state index contributed by atoms with van der Waals surface area (Å²) in [5.41, 5.74) is -1.07. The Labute approximate surface area is 106 Å². The van der Waals surface area contributed by atoms with E-state index in [0.717, 1.165) is 0 Å². The van der Waals surface area contributed by atoms with Crippen molar-refractivity contribution in [1.82, 2.24) is 9.78 Å². The lowest BCUT2D eigenvalue weighted by Crippen LogP contribution is -2.37. The highest BCUT2D eigenvalue weighted by Gasteiger charge is 2.38. The Bertz CT molecular complexity index is 453. The zero-order valence-corrected chi connectivity index (χ0v) is 11.1. The molecule has 1 rings (SSSR count). The van der Waals surface area contributed by atoms with Gasteiger partial charge in [0.1, 0.15) is 0 Å². The summed E-state index contributed by atoms with van der Waals surface area (Å²) in [7, 11) is 1.74. The zero-order chi connectivity index (χ0) is 13.9. The van der Waals surface area contributed by atoms with E-state index in [1.54, 1.807) is 44.8 Å². The van der Waals surface area contributed by atoms with Gasteiger partial charge in [0.15, 0.2) is 5.82 Å². The van der Waals surface area contributed by atoms with Crippen molar-refractivity contribution in [3.63, 3.8) is 0 Å². The molecule has 0 aliphatic rings. The van der Waals surface area contributed by atoms with Crippen LogP contribution in [0.3, 0.4) is 0 Å². The second-order valence-electron chi connectivity index (χ2n) is 4.98. The summed E-state index contributed by atoms with van der Waals surface area (Å²) >= 11 is 0. The van der Waals surface area contributed by atoms with E-state index in [9.17, 15) is 14.7 Å². The molecule has 0 saturated heterocycles. The van der Waals surface area contributed by atoms with Crippen LogP contribution in [-0.4, -0.2) is 26.8 Å².